The van der Waals surface area contributed by atoms with E-state index in [2.05, 4.69) is 4.74 Å². The topological polar surface area (TPSA) is 26.3 Å². The second-order valence-corrected chi connectivity index (χ2v) is 1.63. The third-order valence-electron chi connectivity index (χ3n) is 0.231. The van der Waals surface area contributed by atoms with Crippen molar-refractivity contribution in [3.63, 3.8) is 0 Å². The van der Waals surface area contributed by atoms with Crippen molar-refractivity contribution in [2.75, 3.05) is 13.5 Å². The van der Waals surface area contributed by atoms with Crippen molar-refractivity contribution in [3.05, 3.63) is 0 Å². The van der Waals surface area contributed by atoms with E-state index in [1.54, 1.807) is 0 Å². The van der Waals surface area contributed by atoms with Gasteiger partial charge in [-0.2, -0.15) is 0 Å². The van der Waals surface area contributed by atoms with Crippen molar-refractivity contribution in [2.24, 2.45) is 0 Å². The van der Waals surface area contributed by atoms with Crippen molar-refractivity contribution < 1.29 is 13.5 Å². The Morgan fingerprint density at radius 1 is 2.00 bits per heavy atom. The second-order valence-electron chi connectivity index (χ2n) is 0.735. The number of hydrogen-bond donors (Lipinski definition) is 0. The third-order valence-corrected chi connectivity index (χ3v) is 0.692. The molecule has 0 heterocycles. The number of methoxy groups -OCH3 is 1. The Hall–Kier alpha value is -0.0100. The maximum Gasteiger partial charge on any atom is 0.586 e. The quantitative estimate of drug-likeness (QED) is 0.502. The molecule has 0 bridgehead atoms. The summed E-state index contributed by atoms with van der Waals surface area (Å²) in [4.78, 5) is 0. The Labute approximate surface area is 36.2 Å². The lowest BCUT2D eigenvalue weighted by molar-refractivity contribution is 0.247. The van der Waals surface area contributed by atoms with E-state index in [0.717, 1.165) is 0 Å². The van der Waals surface area contributed by atoms with E-state index in [1.807, 2.05) is 0 Å². The molecule has 1 unspecified atom stereocenters. The minimum atomic E-state index is -2.57. The molecule has 0 aliphatic carbocycles. The summed E-state index contributed by atoms with van der Waals surface area (Å²) in [7, 11) is -1.27. The van der Waals surface area contributed by atoms with Crippen LogP contribution in [0, 0.1) is 0 Å². The van der Waals surface area contributed by atoms with Crippen LogP contribution in [0.3, 0.4) is 0 Å². The average Bonchev–Trinajstić information content (AvgIpc) is 1.35. The Balaban J connectivity index is 2.83. The van der Waals surface area contributed by atoms with E-state index in [4.69, 9.17) is 0 Å². The van der Waals surface area contributed by atoms with Crippen molar-refractivity contribution in [1.29, 1.82) is 0 Å². The highest BCUT2D eigenvalue weighted by Gasteiger charge is 2.09. The summed E-state index contributed by atoms with van der Waals surface area (Å²) in [6.45, 7) is 0. The van der Waals surface area contributed by atoms with Gasteiger partial charge in [0.25, 0.3) is 6.35 Å². The zero-order chi connectivity index (χ0) is 4.99. The monoisotopic (exact) mass is 111 g/mol. The van der Waals surface area contributed by atoms with Gasteiger partial charge >= 0.3 is 8.11 Å². The first kappa shape index (κ1) is 5.99. The van der Waals surface area contributed by atoms with Gasteiger partial charge in [-0.25, -0.2) is 0 Å². The SMILES string of the molecule is COC[P+](=O)F. The predicted molar refractivity (Wildman–Crippen MR) is 20.6 cm³/mol. The fraction of sp³-hybridized carbons (Fsp3) is 1.00. The first-order chi connectivity index (χ1) is 2.77. The van der Waals surface area contributed by atoms with Gasteiger partial charge in [-0.3, -0.25) is 0 Å². The molecule has 0 N–H and O–H groups in total. The second kappa shape index (κ2) is 3.19. The molecule has 0 spiro atoms. The van der Waals surface area contributed by atoms with Gasteiger partial charge < -0.3 is 4.74 Å². The molecular formula is C2H5FO2P+. The molecule has 2 nitrogen and oxygen atoms in total. The van der Waals surface area contributed by atoms with Crippen LogP contribution in [0.5, 0.6) is 0 Å². The number of rotatable bonds is 2. The summed E-state index contributed by atoms with van der Waals surface area (Å²) in [6.07, 6.45) is -0.282. The van der Waals surface area contributed by atoms with Gasteiger partial charge in [0.15, 0.2) is 0 Å². The van der Waals surface area contributed by atoms with Crippen molar-refractivity contribution in [3.8, 4) is 0 Å². The van der Waals surface area contributed by atoms with Gasteiger partial charge in [-0.05, 0) is 4.57 Å². The molecule has 0 aromatic carbocycles. The number of hydrogen-bond acceptors (Lipinski definition) is 2. The Bertz CT molecular complexity index is 55.5. The Kier molecular flexibility index (Phi) is 3.19. The van der Waals surface area contributed by atoms with Crippen LogP contribution >= 0.6 is 8.11 Å². The lowest BCUT2D eigenvalue weighted by Crippen LogP contribution is -1.74. The van der Waals surface area contributed by atoms with Crippen molar-refractivity contribution in [2.45, 2.75) is 0 Å². The van der Waals surface area contributed by atoms with E-state index in [9.17, 15) is 8.76 Å². The van der Waals surface area contributed by atoms with Crippen LogP contribution in [-0.2, 0) is 9.30 Å². The Morgan fingerprint density at radius 3 is 2.50 bits per heavy atom. The molecule has 0 aliphatic rings. The van der Waals surface area contributed by atoms with Gasteiger partial charge in [0.1, 0.15) is 0 Å². The fourth-order valence-electron chi connectivity index (χ4n) is 0.101. The average molecular weight is 111 g/mol. The zero-order valence-electron chi connectivity index (χ0n) is 3.35. The van der Waals surface area contributed by atoms with Gasteiger partial charge in [0, 0.05) is 7.11 Å². The maximum absolute atomic E-state index is 11.1. The molecule has 1 atom stereocenters. The summed E-state index contributed by atoms with van der Waals surface area (Å²) < 4.78 is 24.6. The highest BCUT2D eigenvalue weighted by atomic mass is 31.1. The molecule has 0 radical (unpaired) electrons. The molecule has 0 amide bonds. The zero-order valence-corrected chi connectivity index (χ0v) is 4.24. The molecular weight excluding hydrogens is 106 g/mol. The van der Waals surface area contributed by atoms with Crippen LogP contribution in [-0.4, -0.2) is 13.5 Å². The normalized spacial score (nSPS) is 11.3. The van der Waals surface area contributed by atoms with Crippen molar-refractivity contribution in [1.82, 2.24) is 0 Å². The number of ether oxygens (including phenoxy) is 1. The molecule has 0 saturated carbocycles. The molecule has 0 aromatic rings. The summed E-state index contributed by atoms with van der Waals surface area (Å²) >= 11 is 0. The lowest BCUT2D eigenvalue weighted by Gasteiger charge is -1.70. The first-order valence-electron chi connectivity index (χ1n) is 1.36. The summed E-state index contributed by atoms with van der Waals surface area (Å²) in [6, 6.07) is 0. The van der Waals surface area contributed by atoms with Crippen LogP contribution in [0.15, 0.2) is 0 Å². The summed E-state index contributed by atoms with van der Waals surface area (Å²) in [5, 5.41) is 0. The minimum Gasteiger partial charge on any atom is -0.338 e. The van der Waals surface area contributed by atoms with Gasteiger partial charge in [0.2, 0.25) is 0 Å². The van der Waals surface area contributed by atoms with Gasteiger partial charge in [-0.1, -0.05) is 0 Å². The standard InChI is InChI=1S/C2H5FO2P/c1-5-2-6(3)4/h2H2,1H3/q+1. The van der Waals surface area contributed by atoms with Crippen LogP contribution in [0.4, 0.5) is 4.20 Å². The lowest BCUT2D eigenvalue weighted by atomic mass is 11.5. The molecule has 4 heteroatoms. The third kappa shape index (κ3) is 3.99. The van der Waals surface area contributed by atoms with E-state index in [-0.39, 0.29) is 6.35 Å². The summed E-state index contributed by atoms with van der Waals surface area (Å²) in [5.41, 5.74) is 0. The Morgan fingerprint density at radius 2 is 2.50 bits per heavy atom. The predicted octanol–water partition coefficient (Wildman–Crippen LogP) is 1.30. The number of halogens is 1. The van der Waals surface area contributed by atoms with Crippen molar-refractivity contribution >= 4 is 8.11 Å². The largest absolute Gasteiger partial charge is 0.586 e. The van der Waals surface area contributed by atoms with Crippen LogP contribution < -0.4 is 0 Å². The highest BCUT2D eigenvalue weighted by molar-refractivity contribution is 7.38. The van der Waals surface area contributed by atoms with Crippen LogP contribution in [0.25, 0.3) is 0 Å². The van der Waals surface area contributed by atoms with E-state index in [1.165, 1.54) is 7.11 Å². The first-order valence-corrected chi connectivity index (χ1v) is 2.70. The van der Waals surface area contributed by atoms with E-state index >= 15 is 0 Å². The summed E-state index contributed by atoms with van der Waals surface area (Å²) in [5.74, 6) is 0. The minimum absolute atomic E-state index is 0.282. The van der Waals surface area contributed by atoms with Gasteiger partial charge in [0.05, 0.1) is 4.20 Å². The smallest absolute Gasteiger partial charge is 0.338 e. The van der Waals surface area contributed by atoms with E-state index < -0.39 is 8.11 Å². The fourth-order valence-corrected chi connectivity index (χ4v) is 0.304. The molecule has 0 saturated heterocycles. The molecule has 6 heavy (non-hydrogen) atoms. The molecule has 0 aliphatic heterocycles. The van der Waals surface area contributed by atoms with Crippen LogP contribution in [0.2, 0.25) is 0 Å². The van der Waals surface area contributed by atoms with Gasteiger partial charge in [-0.15, -0.1) is 0 Å². The van der Waals surface area contributed by atoms with Crippen LogP contribution in [0.1, 0.15) is 0 Å². The van der Waals surface area contributed by atoms with E-state index in [0.29, 0.717) is 0 Å². The molecule has 0 fully saturated rings. The molecule has 0 rings (SSSR count). The molecule has 36 valence electrons. The maximum atomic E-state index is 11.1. The highest BCUT2D eigenvalue weighted by Crippen LogP contribution is 2.19. The molecule has 0 aromatic heterocycles.